The third-order valence-corrected chi connectivity index (χ3v) is 3.67. The van der Waals surface area contributed by atoms with Crippen LogP contribution in [0.2, 0.25) is 0 Å². The van der Waals surface area contributed by atoms with Crippen LogP contribution in [0.5, 0.6) is 0 Å². The van der Waals surface area contributed by atoms with E-state index in [1.54, 1.807) is 0 Å². The van der Waals surface area contributed by atoms with Gasteiger partial charge in [-0.2, -0.15) is 13.2 Å². The molecule has 8 heteroatoms. The van der Waals surface area contributed by atoms with Crippen molar-refractivity contribution in [2.75, 3.05) is 19.6 Å². The predicted molar refractivity (Wildman–Crippen MR) is 69.9 cm³/mol. The van der Waals surface area contributed by atoms with E-state index in [1.807, 2.05) is 0 Å². The fourth-order valence-electron chi connectivity index (χ4n) is 2.65. The van der Waals surface area contributed by atoms with Gasteiger partial charge >= 0.3 is 6.18 Å². The van der Waals surface area contributed by atoms with Gasteiger partial charge in [0.2, 0.25) is 5.76 Å². The molecule has 0 atom stereocenters. The minimum absolute atomic E-state index is 0.0876. The van der Waals surface area contributed by atoms with Crippen LogP contribution in [0.3, 0.4) is 0 Å². The van der Waals surface area contributed by atoms with E-state index in [-0.39, 0.29) is 17.7 Å². The molecular formula is C13H15F3N4O. The summed E-state index contributed by atoms with van der Waals surface area (Å²) in [6.07, 6.45) is -3.11. The Morgan fingerprint density at radius 1 is 1.24 bits per heavy atom. The quantitative estimate of drug-likeness (QED) is 0.826. The number of nitrogens with zero attached hydrogens (tertiary/aromatic N) is 2. The molecule has 3 rings (SSSR count). The summed E-state index contributed by atoms with van der Waals surface area (Å²) in [5.41, 5.74) is 8.07. The van der Waals surface area contributed by atoms with E-state index < -0.39 is 11.9 Å². The summed E-state index contributed by atoms with van der Waals surface area (Å²) in [5.74, 6) is -1.02. The van der Waals surface area contributed by atoms with Gasteiger partial charge in [0.25, 0.3) is 0 Å². The van der Waals surface area contributed by atoms with Gasteiger partial charge in [-0.15, -0.1) is 0 Å². The predicted octanol–water partition coefficient (Wildman–Crippen LogP) is 1.63. The molecule has 3 N–H and O–H groups in total. The molecule has 0 radical (unpaired) electrons. The topological polar surface area (TPSA) is 76.4 Å². The normalized spacial score (nSPS) is 20.0. The number of nitrogens with two attached hydrogens (primary N) is 1. The smallest absolute Gasteiger partial charge is 0.402 e. The van der Waals surface area contributed by atoms with Gasteiger partial charge in [0, 0.05) is 36.5 Å². The van der Waals surface area contributed by atoms with Crippen molar-refractivity contribution in [3.63, 3.8) is 0 Å². The van der Waals surface area contributed by atoms with Crippen molar-refractivity contribution in [2.45, 2.75) is 25.4 Å². The number of alkyl halides is 3. The van der Waals surface area contributed by atoms with E-state index in [0.29, 0.717) is 37.3 Å². The van der Waals surface area contributed by atoms with Crippen LogP contribution in [-0.4, -0.2) is 30.5 Å². The molecule has 0 saturated carbocycles. The number of aliphatic imine (C=N–C) groups is 1. The van der Waals surface area contributed by atoms with Crippen LogP contribution in [0.25, 0.3) is 0 Å². The maximum Gasteiger partial charge on any atom is 0.452 e. The van der Waals surface area contributed by atoms with E-state index in [9.17, 15) is 13.2 Å². The fourth-order valence-corrected chi connectivity index (χ4v) is 2.65. The monoisotopic (exact) mass is 300 g/mol. The number of halogens is 3. The molecule has 1 aromatic rings. The van der Waals surface area contributed by atoms with Crippen molar-refractivity contribution in [3.05, 3.63) is 28.3 Å². The number of hydrogen-bond acceptors (Lipinski definition) is 5. The summed E-state index contributed by atoms with van der Waals surface area (Å²) < 4.78 is 43.4. The standard InChI is InChI=1S/C13H15F3N4O/c14-13(15,16)12-7-2-1-4-19-10(11(7)20-21-12)8-6-18-5-3-9(8)17/h18H,1-6,17H2. The second kappa shape index (κ2) is 5.18. The van der Waals surface area contributed by atoms with Crippen molar-refractivity contribution in [2.24, 2.45) is 10.7 Å². The molecule has 0 aliphatic carbocycles. The maximum atomic E-state index is 13.0. The van der Waals surface area contributed by atoms with Crippen molar-refractivity contribution in [3.8, 4) is 0 Å². The second-order valence-electron chi connectivity index (χ2n) is 5.10. The number of fused-ring (bicyclic) bond motifs is 1. The number of aromatic nitrogens is 1. The summed E-state index contributed by atoms with van der Waals surface area (Å²) in [7, 11) is 0. The maximum absolute atomic E-state index is 13.0. The Balaban J connectivity index is 2.09. The molecular weight excluding hydrogens is 285 g/mol. The van der Waals surface area contributed by atoms with Crippen molar-refractivity contribution in [1.29, 1.82) is 0 Å². The van der Waals surface area contributed by atoms with Gasteiger partial charge in [-0.05, 0) is 19.3 Å². The van der Waals surface area contributed by atoms with Crippen LogP contribution in [-0.2, 0) is 12.6 Å². The van der Waals surface area contributed by atoms with E-state index in [4.69, 9.17) is 5.73 Å². The summed E-state index contributed by atoms with van der Waals surface area (Å²) in [4.78, 5) is 4.38. The lowest BCUT2D eigenvalue weighted by molar-refractivity contribution is -0.156. The van der Waals surface area contributed by atoms with Gasteiger partial charge in [0.1, 0.15) is 5.69 Å². The highest BCUT2D eigenvalue weighted by atomic mass is 19.4. The Kier molecular flexibility index (Phi) is 3.48. The first-order valence-corrected chi connectivity index (χ1v) is 6.77. The van der Waals surface area contributed by atoms with Crippen LogP contribution >= 0.6 is 0 Å². The fraction of sp³-hybridized carbons (Fsp3) is 0.538. The zero-order valence-electron chi connectivity index (χ0n) is 11.3. The van der Waals surface area contributed by atoms with Crippen molar-refractivity contribution < 1.29 is 17.7 Å². The van der Waals surface area contributed by atoms with Crippen LogP contribution in [0, 0.1) is 0 Å². The Morgan fingerprint density at radius 3 is 2.76 bits per heavy atom. The lowest BCUT2D eigenvalue weighted by Crippen LogP contribution is -2.32. The Hall–Kier alpha value is -1.83. The van der Waals surface area contributed by atoms with Gasteiger partial charge in [0.05, 0.1) is 5.71 Å². The zero-order chi connectivity index (χ0) is 15.0. The first-order valence-electron chi connectivity index (χ1n) is 6.77. The lowest BCUT2D eigenvalue weighted by atomic mass is 9.97. The molecule has 0 aromatic carbocycles. The molecule has 0 fully saturated rings. The summed E-state index contributed by atoms with van der Waals surface area (Å²) in [6, 6.07) is 0. The average Bonchev–Trinajstić information content (AvgIpc) is 2.74. The average molecular weight is 300 g/mol. The van der Waals surface area contributed by atoms with Crippen LogP contribution in [0.15, 0.2) is 20.8 Å². The summed E-state index contributed by atoms with van der Waals surface area (Å²) in [5, 5.41) is 6.78. The molecule has 21 heavy (non-hydrogen) atoms. The van der Waals surface area contributed by atoms with Gasteiger partial charge in [0.15, 0.2) is 0 Å². The molecule has 5 nitrogen and oxygen atoms in total. The SMILES string of the molecule is NC1=C(C2=NCCCc3c2noc3C(F)(F)F)CNCC1. The second-order valence-corrected chi connectivity index (χ2v) is 5.10. The molecule has 1 aromatic heterocycles. The number of hydrogen-bond donors (Lipinski definition) is 2. The van der Waals surface area contributed by atoms with E-state index in [2.05, 4.69) is 20.0 Å². The Bertz CT molecular complexity index is 615. The van der Waals surface area contributed by atoms with Gasteiger partial charge in [-0.3, -0.25) is 4.99 Å². The third kappa shape index (κ3) is 2.55. The molecule has 114 valence electrons. The Labute approximate surface area is 119 Å². The molecule has 0 bridgehead atoms. The Morgan fingerprint density at radius 2 is 2.05 bits per heavy atom. The molecule has 0 amide bonds. The lowest BCUT2D eigenvalue weighted by Gasteiger charge is -2.19. The highest BCUT2D eigenvalue weighted by molar-refractivity contribution is 6.13. The van der Waals surface area contributed by atoms with E-state index >= 15 is 0 Å². The highest BCUT2D eigenvalue weighted by Crippen LogP contribution is 2.35. The van der Waals surface area contributed by atoms with Crippen LogP contribution < -0.4 is 11.1 Å². The van der Waals surface area contributed by atoms with E-state index in [1.165, 1.54) is 0 Å². The first kappa shape index (κ1) is 14.1. The molecule has 0 spiro atoms. The highest BCUT2D eigenvalue weighted by Gasteiger charge is 2.41. The molecule has 3 heterocycles. The zero-order valence-corrected chi connectivity index (χ0v) is 11.3. The van der Waals surface area contributed by atoms with Gasteiger partial charge < -0.3 is 15.6 Å². The molecule has 0 unspecified atom stereocenters. The third-order valence-electron chi connectivity index (χ3n) is 3.67. The summed E-state index contributed by atoms with van der Waals surface area (Å²) >= 11 is 0. The first-order chi connectivity index (χ1) is 9.98. The summed E-state index contributed by atoms with van der Waals surface area (Å²) in [6.45, 7) is 1.69. The molecule has 0 saturated heterocycles. The number of rotatable bonds is 1. The van der Waals surface area contributed by atoms with Crippen molar-refractivity contribution in [1.82, 2.24) is 10.5 Å². The minimum atomic E-state index is -4.54. The molecule has 2 aliphatic rings. The van der Waals surface area contributed by atoms with Crippen molar-refractivity contribution >= 4 is 5.71 Å². The van der Waals surface area contributed by atoms with Crippen LogP contribution in [0.1, 0.15) is 29.9 Å². The minimum Gasteiger partial charge on any atom is -0.402 e. The van der Waals surface area contributed by atoms with Crippen LogP contribution in [0.4, 0.5) is 13.2 Å². The van der Waals surface area contributed by atoms with Gasteiger partial charge in [-0.1, -0.05) is 5.16 Å². The van der Waals surface area contributed by atoms with E-state index in [0.717, 1.165) is 12.1 Å². The number of nitrogens with one attached hydrogen (secondary N) is 1. The largest absolute Gasteiger partial charge is 0.452 e. The van der Waals surface area contributed by atoms with Gasteiger partial charge in [-0.25, -0.2) is 0 Å². The molecule has 2 aliphatic heterocycles.